The predicted octanol–water partition coefficient (Wildman–Crippen LogP) is 0.456. The molecular weight excluding hydrogens is 216 g/mol. The lowest BCUT2D eigenvalue weighted by Crippen LogP contribution is -2.39. The number of likely N-dealkylation sites (tertiary alicyclic amines) is 1. The predicted molar refractivity (Wildman–Crippen MR) is 67.7 cm³/mol. The number of rotatable bonds is 3. The first-order valence-corrected chi connectivity index (χ1v) is 6.60. The van der Waals surface area contributed by atoms with Gasteiger partial charge in [-0.25, -0.2) is 4.99 Å². The van der Waals surface area contributed by atoms with Crippen LogP contribution in [0.4, 0.5) is 0 Å². The van der Waals surface area contributed by atoms with Crippen molar-refractivity contribution in [2.75, 3.05) is 19.6 Å². The molecule has 5 nitrogen and oxygen atoms in total. The lowest BCUT2D eigenvalue weighted by Gasteiger charge is -2.20. The van der Waals surface area contributed by atoms with E-state index in [0.717, 1.165) is 25.9 Å². The molecule has 0 aromatic heterocycles. The maximum atomic E-state index is 11.5. The maximum Gasteiger partial charge on any atom is 0.242 e. The molecule has 0 radical (unpaired) electrons. The SMILES string of the molecule is NC(=NCC(=O)NC1CC1)N1CCCCCC1. The molecule has 0 atom stereocenters. The molecule has 1 heterocycles. The Hall–Kier alpha value is -1.26. The smallest absolute Gasteiger partial charge is 0.242 e. The van der Waals surface area contributed by atoms with Gasteiger partial charge in [0.15, 0.2) is 5.96 Å². The first kappa shape index (κ1) is 12.2. The van der Waals surface area contributed by atoms with Crippen molar-refractivity contribution in [3.05, 3.63) is 0 Å². The van der Waals surface area contributed by atoms with Crippen LogP contribution in [-0.4, -0.2) is 42.4 Å². The molecule has 0 aromatic carbocycles. The molecule has 2 fully saturated rings. The third kappa shape index (κ3) is 4.24. The fourth-order valence-corrected chi connectivity index (χ4v) is 2.05. The molecule has 96 valence electrons. The number of nitrogens with zero attached hydrogens (tertiary/aromatic N) is 2. The van der Waals surface area contributed by atoms with Crippen molar-refractivity contribution in [3.63, 3.8) is 0 Å². The van der Waals surface area contributed by atoms with Crippen molar-refractivity contribution in [2.45, 2.75) is 44.6 Å². The number of amides is 1. The summed E-state index contributed by atoms with van der Waals surface area (Å²) < 4.78 is 0. The van der Waals surface area contributed by atoms with Crippen LogP contribution in [0.1, 0.15) is 38.5 Å². The van der Waals surface area contributed by atoms with Crippen LogP contribution in [0.25, 0.3) is 0 Å². The third-order valence-corrected chi connectivity index (χ3v) is 3.26. The molecule has 2 rings (SSSR count). The largest absolute Gasteiger partial charge is 0.370 e. The van der Waals surface area contributed by atoms with Crippen molar-refractivity contribution in [2.24, 2.45) is 10.7 Å². The van der Waals surface area contributed by atoms with Gasteiger partial charge >= 0.3 is 0 Å². The Labute approximate surface area is 102 Å². The first-order valence-electron chi connectivity index (χ1n) is 6.60. The fourth-order valence-electron chi connectivity index (χ4n) is 2.05. The standard InChI is InChI=1S/C12H22N4O/c13-12(16-7-3-1-2-4-8-16)14-9-11(17)15-10-5-6-10/h10H,1-9H2,(H2,13,14)(H,15,17). The Morgan fingerprint density at radius 2 is 1.88 bits per heavy atom. The molecule has 1 saturated heterocycles. The van der Waals surface area contributed by atoms with Crippen LogP contribution >= 0.6 is 0 Å². The third-order valence-electron chi connectivity index (χ3n) is 3.26. The topological polar surface area (TPSA) is 70.7 Å². The van der Waals surface area contributed by atoms with Gasteiger partial charge in [-0.15, -0.1) is 0 Å². The summed E-state index contributed by atoms with van der Waals surface area (Å²) in [6.07, 6.45) is 7.10. The zero-order valence-corrected chi connectivity index (χ0v) is 10.3. The van der Waals surface area contributed by atoms with Crippen molar-refractivity contribution < 1.29 is 4.79 Å². The summed E-state index contributed by atoms with van der Waals surface area (Å²) in [4.78, 5) is 17.7. The van der Waals surface area contributed by atoms with Gasteiger partial charge in [0.25, 0.3) is 0 Å². The van der Waals surface area contributed by atoms with Crippen LogP contribution in [0.3, 0.4) is 0 Å². The number of aliphatic imine (C=N–C) groups is 1. The van der Waals surface area contributed by atoms with Crippen molar-refractivity contribution in [3.8, 4) is 0 Å². The van der Waals surface area contributed by atoms with E-state index in [1.807, 2.05) is 0 Å². The Morgan fingerprint density at radius 1 is 1.24 bits per heavy atom. The fraction of sp³-hybridized carbons (Fsp3) is 0.833. The van der Waals surface area contributed by atoms with E-state index in [1.54, 1.807) is 0 Å². The van der Waals surface area contributed by atoms with Gasteiger partial charge < -0.3 is 16.0 Å². The summed E-state index contributed by atoms with van der Waals surface area (Å²) in [6.45, 7) is 2.11. The second kappa shape index (κ2) is 5.89. The molecule has 0 unspecified atom stereocenters. The monoisotopic (exact) mass is 238 g/mol. The highest BCUT2D eigenvalue weighted by Gasteiger charge is 2.22. The second-order valence-corrected chi connectivity index (χ2v) is 4.92. The number of guanidine groups is 1. The Kier molecular flexibility index (Phi) is 4.23. The minimum Gasteiger partial charge on any atom is -0.370 e. The summed E-state index contributed by atoms with van der Waals surface area (Å²) in [7, 11) is 0. The molecule has 1 aliphatic carbocycles. The molecule has 0 bridgehead atoms. The van der Waals surface area contributed by atoms with Gasteiger partial charge in [0, 0.05) is 19.1 Å². The lowest BCUT2D eigenvalue weighted by atomic mass is 10.2. The van der Waals surface area contributed by atoms with Crippen LogP contribution < -0.4 is 11.1 Å². The van der Waals surface area contributed by atoms with Crippen molar-refractivity contribution in [1.82, 2.24) is 10.2 Å². The van der Waals surface area contributed by atoms with Gasteiger partial charge in [-0.1, -0.05) is 12.8 Å². The molecule has 17 heavy (non-hydrogen) atoms. The van der Waals surface area contributed by atoms with Crippen LogP contribution in [-0.2, 0) is 4.79 Å². The van der Waals surface area contributed by atoms with Crippen LogP contribution in [0.15, 0.2) is 4.99 Å². The summed E-state index contributed by atoms with van der Waals surface area (Å²) in [5.74, 6) is 0.517. The molecule has 2 aliphatic rings. The number of nitrogens with one attached hydrogen (secondary N) is 1. The second-order valence-electron chi connectivity index (χ2n) is 4.92. The van der Waals surface area contributed by atoms with Crippen LogP contribution in [0.2, 0.25) is 0 Å². The van der Waals surface area contributed by atoms with E-state index in [-0.39, 0.29) is 12.5 Å². The van der Waals surface area contributed by atoms with Gasteiger partial charge in [-0.05, 0) is 25.7 Å². The average Bonchev–Trinajstić information content (AvgIpc) is 3.11. The van der Waals surface area contributed by atoms with E-state index in [4.69, 9.17) is 5.73 Å². The molecule has 0 spiro atoms. The van der Waals surface area contributed by atoms with Gasteiger partial charge in [0.1, 0.15) is 6.54 Å². The van der Waals surface area contributed by atoms with Crippen molar-refractivity contribution >= 4 is 11.9 Å². The molecule has 3 N–H and O–H groups in total. The first-order chi connectivity index (χ1) is 8.25. The van der Waals surface area contributed by atoms with Crippen LogP contribution in [0, 0.1) is 0 Å². The zero-order chi connectivity index (χ0) is 12.1. The highest BCUT2D eigenvalue weighted by atomic mass is 16.2. The zero-order valence-electron chi connectivity index (χ0n) is 10.3. The molecule has 1 amide bonds. The number of carbonyl (C=O) groups is 1. The number of nitrogens with two attached hydrogens (primary N) is 1. The Morgan fingerprint density at radius 3 is 2.47 bits per heavy atom. The molecule has 1 saturated carbocycles. The number of hydrogen-bond donors (Lipinski definition) is 2. The Bertz CT molecular complexity index is 291. The number of hydrogen-bond acceptors (Lipinski definition) is 2. The molecular formula is C12H22N4O. The van der Waals surface area contributed by atoms with E-state index < -0.39 is 0 Å². The molecule has 1 aliphatic heterocycles. The normalized spacial score (nSPS) is 22.1. The Balaban J connectivity index is 1.75. The maximum absolute atomic E-state index is 11.5. The van der Waals surface area contributed by atoms with E-state index in [2.05, 4.69) is 15.2 Å². The van der Waals surface area contributed by atoms with Gasteiger partial charge in [0.2, 0.25) is 5.91 Å². The number of carbonyl (C=O) groups excluding carboxylic acids is 1. The summed E-state index contributed by atoms with van der Waals surface area (Å²) in [6, 6.07) is 0.400. The van der Waals surface area contributed by atoms with Gasteiger partial charge in [-0.2, -0.15) is 0 Å². The lowest BCUT2D eigenvalue weighted by molar-refractivity contribution is -0.119. The van der Waals surface area contributed by atoms with Crippen LogP contribution in [0.5, 0.6) is 0 Å². The van der Waals surface area contributed by atoms with Gasteiger partial charge in [0.05, 0.1) is 0 Å². The minimum atomic E-state index is -0.00901. The van der Waals surface area contributed by atoms with E-state index in [0.29, 0.717) is 12.0 Å². The summed E-state index contributed by atoms with van der Waals surface area (Å²) >= 11 is 0. The summed E-state index contributed by atoms with van der Waals surface area (Å²) in [5, 5.41) is 2.90. The van der Waals surface area contributed by atoms with E-state index in [9.17, 15) is 4.79 Å². The van der Waals surface area contributed by atoms with Crippen molar-refractivity contribution in [1.29, 1.82) is 0 Å². The highest BCUT2D eigenvalue weighted by Crippen LogP contribution is 2.18. The quantitative estimate of drug-likeness (QED) is 0.554. The van der Waals surface area contributed by atoms with E-state index >= 15 is 0 Å². The highest BCUT2D eigenvalue weighted by molar-refractivity contribution is 5.84. The minimum absolute atomic E-state index is 0.00901. The van der Waals surface area contributed by atoms with E-state index in [1.165, 1.54) is 25.7 Å². The summed E-state index contributed by atoms with van der Waals surface area (Å²) in [5.41, 5.74) is 5.91. The van der Waals surface area contributed by atoms with Gasteiger partial charge in [-0.3, -0.25) is 4.79 Å². The average molecular weight is 238 g/mol. The molecule has 5 heteroatoms. The molecule has 0 aromatic rings.